The highest BCUT2D eigenvalue weighted by Gasteiger charge is 2.16. The molecular weight excluding hydrogens is 576 g/mol. The minimum atomic E-state index is -0.310. The van der Waals surface area contributed by atoms with Crippen LogP contribution in [0.3, 0.4) is 0 Å². The molecule has 46 heavy (non-hydrogen) atoms. The number of carbonyl (C=O) groups excluding carboxylic acids is 4. The largest absolute Gasteiger partial charge is 0.353 e. The molecule has 0 radical (unpaired) electrons. The van der Waals surface area contributed by atoms with Gasteiger partial charge in [0.1, 0.15) is 0 Å². The fraction of sp³-hybridized carbons (Fsp3) is 0.737. The molecule has 0 aliphatic carbocycles. The number of nitrogens with one attached hydrogen (secondary N) is 4. The van der Waals surface area contributed by atoms with Gasteiger partial charge in [0, 0.05) is 49.1 Å². The standard InChI is InChI=1S/C38H66N4O4/c1-6-11-15-17-21-33(19-13-8-3)41-35(43)23-25-39-37(45)31-27-30(10-5)28-32(29-31)38(46)40-26-24-36(44)42-34(20-14-9-4)22-18-16-12-7-2/h27-29,33-34H,6-26H2,1-5H3,(H,39,45)(H,40,46)(H,41,43)(H,42,44). The second kappa shape index (κ2) is 26.2. The van der Waals surface area contributed by atoms with E-state index >= 15 is 0 Å². The molecule has 1 rings (SSSR count). The summed E-state index contributed by atoms with van der Waals surface area (Å²) >= 11 is 0. The number of benzene rings is 1. The van der Waals surface area contributed by atoms with E-state index in [1.807, 2.05) is 6.92 Å². The van der Waals surface area contributed by atoms with Crippen LogP contribution in [0.15, 0.2) is 18.2 Å². The van der Waals surface area contributed by atoms with Crippen LogP contribution in [0.2, 0.25) is 0 Å². The maximum atomic E-state index is 13.0. The Morgan fingerprint density at radius 2 is 0.913 bits per heavy atom. The number of rotatable bonds is 27. The van der Waals surface area contributed by atoms with Gasteiger partial charge in [-0.3, -0.25) is 19.2 Å². The zero-order chi connectivity index (χ0) is 34.0. The van der Waals surface area contributed by atoms with E-state index in [2.05, 4.69) is 49.0 Å². The van der Waals surface area contributed by atoms with Crippen molar-refractivity contribution in [2.75, 3.05) is 13.1 Å². The predicted molar refractivity (Wildman–Crippen MR) is 190 cm³/mol. The molecule has 1 aromatic carbocycles. The van der Waals surface area contributed by atoms with Crippen molar-refractivity contribution >= 4 is 23.6 Å². The molecule has 2 atom stereocenters. The molecule has 262 valence electrons. The summed E-state index contributed by atoms with van der Waals surface area (Å²) in [6, 6.07) is 5.53. The van der Waals surface area contributed by atoms with Gasteiger partial charge >= 0.3 is 0 Å². The maximum Gasteiger partial charge on any atom is 0.251 e. The van der Waals surface area contributed by atoms with Gasteiger partial charge in [-0.2, -0.15) is 0 Å². The van der Waals surface area contributed by atoms with Crippen LogP contribution in [0.5, 0.6) is 0 Å². The molecule has 8 heteroatoms. The second-order valence-electron chi connectivity index (χ2n) is 12.8. The first kappa shape index (κ1) is 41.1. The van der Waals surface area contributed by atoms with Gasteiger partial charge in [0.25, 0.3) is 11.8 Å². The molecule has 1 aromatic rings. The number of hydrogen-bond acceptors (Lipinski definition) is 4. The maximum absolute atomic E-state index is 13.0. The molecule has 0 aromatic heterocycles. The summed E-state index contributed by atoms with van der Waals surface area (Å²) in [6.07, 6.45) is 18.9. The summed E-state index contributed by atoms with van der Waals surface area (Å²) in [6.45, 7) is 11.1. The van der Waals surface area contributed by atoms with E-state index < -0.39 is 0 Å². The average molecular weight is 643 g/mol. The molecule has 4 amide bonds. The van der Waals surface area contributed by atoms with Crippen molar-refractivity contribution in [2.45, 2.75) is 169 Å². The van der Waals surface area contributed by atoms with Crippen molar-refractivity contribution in [2.24, 2.45) is 0 Å². The van der Waals surface area contributed by atoms with Crippen LogP contribution >= 0.6 is 0 Å². The van der Waals surface area contributed by atoms with Gasteiger partial charge in [0.15, 0.2) is 0 Å². The quantitative estimate of drug-likeness (QED) is 0.0734. The lowest BCUT2D eigenvalue weighted by molar-refractivity contribution is -0.122. The van der Waals surface area contributed by atoms with Gasteiger partial charge < -0.3 is 21.3 Å². The molecule has 0 heterocycles. The average Bonchev–Trinajstić information content (AvgIpc) is 3.05. The number of amides is 4. The molecule has 0 saturated carbocycles. The Morgan fingerprint density at radius 1 is 0.522 bits per heavy atom. The first-order valence-electron chi connectivity index (χ1n) is 18.6. The number of unbranched alkanes of at least 4 members (excludes halogenated alkanes) is 8. The fourth-order valence-electron chi connectivity index (χ4n) is 5.65. The van der Waals surface area contributed by atoms with Gasteiger partial charge in [-0.25, -0.2) is 0 Å². The third kappa shape index (κ3) is 18.9. The summed E-state index contributed by atoms with van der Waals surface area (Å²) in [4.78, 5) is 51.3. The number of hydrogen-bond donors (Lipinski definition) is 4. The first-order chi connectivity index (χ1) is 22.3. The highest BCUT2D eigenvalue weighted by molar-refractivity contribution is 6.00. The van der Waals surface area contributed by atoms with Crippen molar-refractivity contribution < 1.29 is 19.2 Å². The van der Waals surface area contributed by atoms with E-state index in [-0.39, 0.29) is 61.6 Å². The van der Waals surface area contributed by atoms with Crippen LogP contribution in [0.1, 0.15) is 176 Å². The summed E-state index contributed by atoms with van der Waals surface area (Å²) < 4.78 is 0. The molecule has 8 nitrogen and oxygen atoms in total. The lowest BCUT2D eigenvalue weighted by atomic mass is 10.0. The first-order valence-corrected chi connectivity index (χ1v) is 18.6. The lowest BCUT2D eigenvalue weighted by Gasteiger charge is -2.19. The second-order valence-corrected chi connectivity index (χ2v) is 12.8. The van der Waals surface area contributed by atoms with Crippen molar-refractivity contribution in [3.63, 3.8) is 0 Å². The topological polar surface area (TPSA) is 116 Å². The van der Waals surface area contributed by atoms with Crippen LogP contribution < -0.4 is 21.3 Å². The van der Waals surface area contributed by atoms with Crippen molar-refractivity contribution in [3.05, 3.63) is 34.9 Å². The van der Waals surface area contributed by atoms with E-state index in [1.165, 1.54) is 38.5 Å². The molecule has 0 aliphatic rings. The molecule has 0 fully saturated rings. The Bertz CT molecular complexity index is 938. The number of carbonyl (C=O) groups is 4. The van der Waals surface area contributed by atoms with Gasteiger partial charge in [-0.05, 0) is 55.9 Å². The molecule has 0 saturated heterocycles. The molecule has 0 bridgehead atoms. The predicted octanol–water partition coefficient (Wildman–Crippen LogP) is 7.78. The monoisotopic (exact) mass is 643 g/mol. The summed E-state index contributed by atoms with van der Waals surface area (Å²) in [5, 5.41) is 12.0. The highest BCUT2D eigenvalue weighted by Crippen LogP contribution is 2.14. The summed E-state index contributed by atoms with van der Waals surface area (Å²) in [5.74, 6) is -0.709. The molecular formula is C38H66N4O4. The summed E-state index contributed by atoms with van der Waals surface area (Å²) in [7, 11) is 0. The zero-order valence-corrected chi connectivity index (χ0v) is 29.9. The van der Waals surface area contributed by atoms with Crippen LogP contribution in [-0.2, 0) is 16.0 Å². The molecule has 2 unspecified atom stereocenters. The van der Waals surface area contributed by atoms with Crippen molar-refractivity contribution in [1.82, 2.24) is 21.3 Å². The Morgan fingerprint density at radius 3 is 1.28 bits per heavy atom. The van der Waals surface area contributed by atoms with Crippen molar-refractivity contribution in [3.8, 4) is 0 Å². The third-order valence-electron chi connectivity index (χ3n) is 8.56. The normalized spacial score (nSPS) is 12.3. The van der Waals surface area contributed by atoms with Crippen LogP contribution in [0.4, 0.5) is 0 Å². The van der Waals surface area contributed by atoms with Gasteiger partial charge in [0.2, 0.25) is 11.8 Å². The van der Waals surface area contributed by atoms with E-state index in [0.29, 0.717) is 17.5 Å². The Kier molecular flexibility index (Phi) is 23.4. The van der Waals surface area contributed by atoms with Crippen molar-refractivity contribution in [1.29, 1.82) is 0 Å². The zero-order valence-electron chi connectivity index (χ0n) is 29.9. The molecule has 4 N–H and O–H groups in total. The van der Waals surface area contributed by atoms with Crippen LogP contribution in [0.25, 0.3) is 0 Å². The van der Waals surface area contributed by atoms with E-state index in [0.717, 1.165) is 69.8 Å². The van der Waals surface area contributed by atoms with Gasteiger partial charge in [-0.15, -0.1) is 0 Å². The van der Waals surface area contributed by atoms with Gasteiger partial charge in [-0.1, -0.05) is 112 Å². The highest BCUT2D eigenvalue weighted by atomic mass is 16.2. The molecule has 0 aliphatic heterocycles. The van der Waals surface area contributed by atoms with E-state index in [4.69, 9.17) is 0 Å². The minimum absolute atomic E-state index is 0.0449. The Balaban J connectivity index is 2.62. The number of aryl methyl sites for hydroxylation is 1. The molecule has 0 spiro atoms. The van der Waals surface area contributed by atoms with Crippen LogP contribution in [-0.4, -0.2) is 48.8 Å². The Hall–Kier alpha value is -2.90. The van der Waals surface area contributed by atoms with E-state index in [1.54, 1.807) is 18.2 Å². The minimum Gasteiger partial charge on any atom is -0.353 e. The SMILES string of the molecule is CCCCCCC(CCCC)NC(=O)CCNC(=O)c1cc(CC)cc(C(=O)NCCC(=O)NC(CCCC)CCCCCC)c1. The van der Waals surface area contributed by atoms with Crippen LogP contribution in [0, 0.1) is 0 Å². The summed E-state index contributed by atoms with van der Waals surface area (Å²) in [5.41, 5.74) is 1.65. The van der Waals surface area contributed by atoms with Gasteiger partial charge in [0.05, 0.1) is 0 Å². The smallest absolute Gasteiger partial charge is 0.251 e. The fourth-order valence-corrected chi connectivity index (χ4v) is 5.65. The van der Waals surface area contributed by atoms with E-state index in [9.17, 15) is 19.2 Å². The lowest BCUT2D eigenvalue weighted by Crippen LogP contribution is -2.37. The Labute approximate surface area is 280 Å². The third-order valence-corrected chi connectivity index (χ3v) is 8.56.